The van der Waals surface area contributed by atoms with Gasteiger partial charge in [0.05, 0.1) is 5.69 Å². The van der Waals surface area contributed by atoms with Gasteiger partial charge in [-0.1, -0.05) is 206 Å². The molecule has 10 aromatic rings. The first-order valence-corrected chi connectivity index (χ1v) is 21.5. The molecule has 9 aromatic carbocycles. The molecule has 57 heavy (non-hydrogen) atoms. The summed E-state index contributed by atoms with van der Waals surface area (Å²) in [5.41, 5.74) is 9.38. The quantitative estimate of drug-likeness (QED) is 0.108. The van der Waals surface area contributed by atoms with Crippen molar-refractivity contribution in [2.75, 3.05) is 4.90 Å². The van der Waals surface area contributed by atoms with E-state index in [0.29, 0.717) is 0 Å². The molecule has 0 saturated heterocycles. The van der Waals surface area contributed by atoms with Crippen molar-refractivity contribution in [1.29, 1.82) is 0 Å². The Balaban J connectivity index is 1.25. The van der Waals surface area contributed by atoms with E-state index in [1.807, 2.05) is 0 Å². The minimum Gasteiger partial charge on any atom is -0.453 e. The fourth-order valence-electron chi connectivity index (χ4n) is 8.65. The number of para-hydroxylation sites is 2. The Morgan fingerprint density at radius 3 is 1.35 bits per heavy atom. The van der Waals surface area contributed by atoms with Crippen LogP contribution in [0.1, 0.15) is 0 Å². The fraction of sp³-hybridized carbons (Fsp3) is 0. The second-order valence-corrected chi connectivity index (χ2v) is 18.3. The first kappa shape index (κ1) is 34.3. The van der Waals surface area contributed by atoms with Crippen LogP contribution in [-0.2, 0) is 0 Å². The number of furan rings is 1. The summed E-state index contributed by atoms with van der Waals surface area (Å²) in [4.78, 5) is 2.39. The molecule has 0 unspecified atom stereocenters. The smallest absolute Gasteiger partial charge is 0.179 e. The van der Waals surface area contributed by atoms with Crippen LogP contribution in [0.2, 0.25) is 0 Å². The van der Waals surface area contributed by atoms with Crippen molar-refractivity contribution in [3.63, 3.8) is 0 Å². The average molecular weight is 746 g/mol. The number of rotatable bonds is 9. The van der Waals surface area contributed by atoms with E-state index in [4.69, 9.17) is 4.42 Å². The predicted molar refractivity (Wildman–Crippen MR) is 243 cm³/mol. The summed E-state index contributed by atoms with van der Waals surface area (Å²) in [5, 5.41) is 7.50. The molecule has 0 radical (unpaired) electrons. The molecule has 0 bridgehead atoms. The number of hydrogen-bond donors (Lipinski definition) is 0. The lowest BCUT2D eigenvalue weighted by molar-refractivity contribution is 0.670. The van der Waals surface area contributed by atoms with Crippen molar-refractivity contribution < 1.29 is 4.42 Å². The van der Waals surface area contributed by atoms with Crippen LogP contribution in [0.25, 0.3) is 44.2 Å². The molecule has 0 aliphatic carbocycles. The highest BCUT2D eigenvalue weighted by Gasteiger charge is 2.41. The monoisotopic (exact) mass is 745 g/mol. The summed E-state index contributed by atoms with van der Waals surface area (Å²) in [6, 6.07) is 85.7. The summed E-state index contributed by atoms with van der Waals surface area (Å²) < 4.78 is 7.08. The van der Waals surface area contributed by atoms with Crippen LogP contribution in [0, 0.1) is 0 Å². The lowest BCUT2D eigenvalue weighted by Crippen LogP contribution is -2.74. The van der Waals surface area contributed by atoms with Gasteiger partial charge in [0.15, 0.2) is 13.7 Å². The Morgan fingerprint density at radius 1 is 0.316 bits per heavy atom. The largest absolute Gasteiger partial charge is 0.453 e. The number of anilines is 3. The van der Waals surface area contributed by atoms with E-state index in [2.05, 4.69) is 241 Å². The molecule has 0 fully saturated rings. The van der Waals surface area contributed by atoms with Gasteiger partial charge in [0.25, 0.3) is 0 Å². The summed E-state index contributed by atoms with van der Waals surface area (Å²) in [6.07, 6.45) is 0. The van der Waals surface area contributed by atoms with Gasteiger partial charge in [-0.25, -0.2) is 0 Å². The lowest BCUT2D eigenvalue weighted by Gasteiger charge is -2.35. The van der Waals surface area contributed by atoms with E-state index in [1.54, 1.807) is 0 Å². The number of hydrogen-bond acceptors (Lipinski definition) is 2. The third-order valence-corrected chi connectivity index (χ3v) is 16.0. The molecule has 10 rings (SSSR count). The second kappa shape index (κ2) is 14.8. The molecule has 0 saturated carbocycles. The Kier molecular flexibility index (Phi) is 8.90. The van der Waals surface area contributed by atoms with Gasteiger partial charge < -0.3 is 9.32 Å². The SMILES string of the molecule is c1ccc(-c2cccc(N(c3cccc([Si](c4ccccc4)(c4ccccc4)c4ccccc4)c3)c3cccc4c3oc3c(-c5ccccc5)cccc34)c2)cc1. The van der Waals surface area contributed by atoms with Crippen molar-refractivity contribution in [3.8, 4) is 22.3 Å². The van der Waals surface area contributed by atoms with Gasteiger partial charge in [0.1, 0.15) is 5.58 Å². The van der Waals surface area contributed by atoms with E-state index in [-0.39, 0.29) is 0 Å². The van der Waals surface area contributed by atoms with Gasteiger partial charge in [-0.05, 0) is 67.8 Å². The van der Waals surface area contributed by atoms with Crippen molar-refractivity contribution in [2.24, 2.45) is 0 Å². The van der Waals surface area contributed by atoms with Crippen LogP contribution >= 0.6 is 0 Å². The van der Waals surface area contributed by atoms with E-state index in [1.165, 1.54) is 26.3 Å². The minimum absolute atomic E-state index is 0.851. The van der Waals surface area contributed by atoms with Crippen LogP contribution < -0.4 is 25.6 Å². The standard InChI is InChI=1S/C54H39NOSi/c1-6-20-40(21-7-1)42-24-16-25-43(38-42)55(52-37-19-36-51-50-35-18-34-49(53(50)56-54(51)52)41-22-8-2-9-23-41)44-26-17-33-48(39-44)57(45-27-10-3-11-28-45,46-29-12-4-13-30-46)47-31-14-5-15-32-47/h1-39H. The van der Waals surface area contributed by atoms with Crippen LogP contribution in [0.4, 0.5) is 17.1 Å². The molecular formula is C54H39NOSi. The summed E-state index contributed by atoms with van der Waals surface area (Å²) >= 11 is 0. The Bertz CT molecular complexity index is 2850. The highest BCUT2D eigenvalue weighted by atomic mass is 28.3. The number of fused-ring (bicyclic) bond motifs is 3. The molecule has 0 N–H and O–H groups in total. The molecule has 0 spiro atoms. The topological polar surface area (TPSA) is 16.4 Å². The Labute approximate surface area is 334 Å². The average Bonchev–Trinajstić information content (AvgIpc) is 3.69. The zero-order valence-electron chi connectivity index (χ0n) is 31.4. The number of nitrogens with zero attached hydrogens (tertiary/aromatic N) is 1. The van der Waals surface area contributed by atoms with Crippen LogP contribution in [0.3, 0.4) is 0 Å². The third-order valence-electron chi connectivity index (χ3n) is 11.2. The molecular weight excluding hydrogens is 707 g/mol. The van der Waals surface area contributed by atoms with Gasteiger partial charge in [-0.2, -0.15) is 0 Å². The van der Waals surface area contributed by atoms with Crippen molar-refractivity contribution in [2.45, 2.75) is 0 Å². The molecule has 3 heteroatoms. The molecule has 0 amide bonds. The lowest BCUT2D eigenvalue weighted by atomic mass is 10.0. The number of benzene rings is 9. The minimum atomic E-state index is -2.82. The van der Waals surface area contributed by atoms with Crippen molar-refractivity contribution in [3.05, 3.63) is 237 Å². The second-order valence-electron chi connectivity index (χ2n) is 14.5. The molecule has 0 aliphatic rings. The van der Waals surface area contributed by atoms with Gasteiger partial charge in [0, 0.05) is 27.7 Å². The van der Waals surface area contributed by atoms with Crippen molar-refractivity contribution >= 4 is 67.8 Å². The molecule has 270 valence electrons. The zero-order chi connectivity index (χ0) is 38.0. The third kappa shape index (κ3) is 6.06. The molecule has 1 aromatic heterocycles. The fourth-order valence-corrected chi connectivity index (χ4v) is 13.4. The maximum absolute atomic E-state index is 7.08. The van der Waals surface area contributed by atoms with E-state index in [0.717, 1.165) is 55.7 Å². The first-order chi connectivity index (χ1) is 28.3. The summed E-state index contributed by atoms with van der Waals surface area (Å²) in [5.74, 6) is 0. The summed E-state index contributed by atoms with van der Waals surface area (Å²) in [7, 11) is -2.82. The zero-order valence-corrected chi connectivity index (χ0v) is 32.4. The maximum atomic E-state index is 7.08. The van der Waals surface area contributed by atoms with Gasteiger partial charge in [-0.15, -0.1) is 0 Å². The molecule has 1 heterocycles. The maximum Gasteiger partial charge on any atom is 0.179 e. The van der Waals surface area contributed by atoms with Crippen molar-refractivity contribution in [1.82, 2.24) is 0 Å². The van der Waals surface area contributed by atoms with Crippen LogP contribution in [0.5, 0.6) is 0 Å². The summed E-state index contributed by atoms with van der Waals surface area (Å²) in [6.45, 7) is 0. The molecule has 2 nitrogen and oxygen atoms in total. The molecule has 0 atom stereocenters. The molecule has 0 aliphatic heterocycles. The van der Waals surface area contributed by atoms with Crippen LogP contribution in [-0.4, -0.2) is 8.07 Å². The predicted octanol–water partition coefficient (Wildman–Crippen LogP) is 11.8. The van der Waals surface area contributed by atoms with E-state index < -0.39 is 8.07 Å². The van der Waals surface area contributed by atoms with Gasteiger partial charge in [0.2, 0.25) is 0 Å². The van der Waals surface area contributed by atoms with Crippen LogP contribution in [0.15, 0.2) is 241 Å². The Morgan fingerprint density at radius 2 is 0.754 bits per heavy atom. The Hall–Kier alpha value is -7.20. The van der Waals surface area contributed by atoms with Gasteiger partial charge >= 0.3 is 0 Å². The van der Waals surface area contributed by atoms with Gasteiger partial charge in [-0.3, -0.25) is 0 Å². The van der Waals surface area contributed by atoms with E-state index >= 15 is 0 Å². The first-order valence-electron chi connectivity index (χ1n) is 19.5. The van der Waals surface area contributed by atoms with E-state index in [9.17, 15) is 0 Å². The highest BCUT2D eigenvalue weighted by molar-refractivity contribution is 7.19. The highest BCUT2D eigenvalue weighted by Crippen LogP contribution is 2.44. The normalized spacial score (nSPS) is 11.5.